The molecule has 0 aromatic carbocycles. The number of ether oxygens (including phenoxy) is 1. The van der Waals surface area contributed by atoms with E-state index in [0.29, 0.717) is 23.7 Å². The summed E-state index contributed by atoms with van der Waals surface area (Å²) in [4.78, 5) is 30.4. The van der Waals surface area contributed by atoms with Crippen LogP contribution in [-0.4, -0.2) is 23.6 Å². The molecule has 0 fully saturated rings. The van der Waals surface area contributed by atoms with Crippen molar-refractivity contribution in [2.45, 2.75) is 25.8 Å². The van der Waals surface area contributed by atoms with E-state index in [1.165, 1.54) is 28.7 Å². The number of thiazole rings is 1. The first-order chi connectivity index (χ1) is 15.6. The lowest BCUT2D eigenvalue weighted by Crippen LogP contribution is -2.27. The van der Waals surface area contributed by atoms with Crippen molar-refractivity contribution >= 4 is 57.1 Å². The van der Waals surface area contributed by atoms with E-state index in [0.717, 1.165) is 39.6 Å². The van der Waals surface area contributed by atoms with Crippen molar-refractivity contribution in [1.82, 2.24) is 10.3 Å². The number of fused-ring (bicyclic) bond motifs is 1. The monoisotopic (exact) mass is 484 g/mol. The maximum atomic E-state index is 12.3. The van der Waals surface area contributed by atoms with E-state index in [2.05, 4.69) is 21.7 Å². The number of alkyl carbamates (subject to hydrolysis) is 1. The Labute approximate surface area is 197 Å². The molecule has 1 unspecified atom stereocenters. The Balaban J connectivity index is 1.32. The Morgan fingerprint density at radius 3 is 3.00 bits per heavy atom. The lowest BCUT2D eigenvalue weighted by Gasteiger charge is -2.21. The van der Waals surface area contributed by atoms with Crippen LogP contribution in [0.3, 0.4) is 0 Å². The van der Waals surface area contributed by atoms with E-state index in [-0.39, 0.29) is 11.8 Å². The predicted molar refractivity (Wildman–Crippen MR) is 127 cm³/mol. The van der Waals surface area contributed by atoms with Crippen LogP contribution < -0.4 is 10.6 Å². The number of carbonyl (C=O) groups excluding carboxylic acids is 2. The highest BCUT2D eigenvalue weighted by atomic mass is 32.1. The van der Waals surface area contributed by atoms with Gasteiger partial charge in [0.15, 0.2) is 0 Å². The summed E-state index contributed by atoms with van der Waals surface area (Å²) >= 11 is 4.46. The number of aromatic nitrogens is 1. The normalized spacial score (nSPS) is 15.2. The molecule has 0 aliphatic heterocycles. The minimum absolute atomic E-state index is 0.181. The maximum absolute atomic E-state index is 12.3. The van der Waals surface area contributed by atoms with Crippen molar-refractivity contribution in [3.8, 4) is 6.07 Å². The molecule has 2 amide bonds. The second kappa shape index (κ2) is 10.5. The summed E-state index contributed by atoms with van der Waals surface area (Å²) in [6.07, 6.45) is 6.74. The molecule has 1 aliphatic carbocycles. The number of hydrogen-bond donors (Lipinski definition) is 2. The van der Waals surface area contributed by atoms with Crippen LogP contribution in [0.5, 0.6) is 0 Å². The predicted octanol–water partition coefficient (Wildman–Crippen LogP) is 4.82. The van der Waals surface area contributed by atoms with Crippen LogP contribution in [0.1, 0.15) is 32.3 Å². The number of nitrogens with zero attached hydrogens (tertiary/aromatic N) is 2. The first-order valence-electron chi connectivity index (χ1n) is 9.98. The molecule has 0 saturated heterocycles. The van der Waals surface area contributed by atoms with E-state index in [9.17, 15) is 14.9 Å². The number of carbonyl (C=O) groups is 2. The lowest BCUT2D eigenvalue weighted by molar-refractivity contribution is -0.111. The largest absolute Gasteiger partial charge is 0.449 e. The molecule has 2 N–H and O–H groups in total. The third kappa shape index (κ3) is 5.62. The Bertz CT molecular complexity index is 1140. The molecule has 0 radical (unpaired) electrons. The molecule has 3 heterocycles. The third-order valence-corrected chi connectivity index (χ3v) is 7.76. The van der Waals surface area contributed by atoms with E-state index < -0.39 is 6.09 Å². The van der Waals surface area contributed by atoms with Crippen LogP contribution in [-0.2, 0) is 28.9 Å². The first-order valence-corrected chi connectivity index (χ1v) is 12.6. The van der Waals surface area contributed by atoms with Crippen LogP contribution >= 0.6 is 34.0 Å². The number of amides is 2. The molecule has 7 nitrogen and oxygen atoms in total. The van der Waals surface area contributed by atoms with E-state index in [4.69, 9.17) is 4.74 Å². The topological polar surface area (TPSA) is 104 Å². The van der Waals surface area contributed by atoms with Crippen molar-refractivity contribution in [2.24, 2.45) is 5.92 Å². The lowest BCUT2D eigenvalue weighted by atomic mass is 9.88. The van der Waals surface area contributed by atoms with Gasteiger partial charge in [0.1, 0.15) is 16.1 Å². The van der Waals surface area contributed by atoms with Gasteiger partial charge >= 0.3 is 6.09 Å². The minimum Gasteiger partial charge on any atom is -0.449 e. The molecular weight excluding hydrogens is 464 g/mol. The van der Waals surface area contributed by atoms with Gasteiger partial charge in [-0.15, -0.1) is 34.0 Å². The molecule has 0 saturated carbocycles. The Morgan fingerprint density at radius 1 is 1.34 bits per heavy atom. The summed E-state index contributed by atoms with van der Waals surface area (Å²) in [7, 11) is 0. The van der Waals surface area contributed by atoms with Gasteiger partial charge in [-0.2, -0.15) is 5.26 Å². The van der Waals surface area contributed by atoms with Gasteiger partial charge < -0.3 is 15.4 Å². The second-order valence-corrected chi connectivity index (χ2v) is 10.2. The van der Waals surface area contributed by atoms with Gasteiger partial charge in [-0.05, 0) is 48.3 Å². The molecule has 164 valence electrons. The fourth-order valence-electron chi connectivity index (χ4n) is 3.43. The van der Waals surface area contributed by atoms with Crippen LogP contribution in [0, 0.1) is 17.2 Å². The highest BCUT2D eigenvalue weighted by Gasteiger charge is 2.27. The summed E-state index contributed by atoms with van der Waals surface area (Å²) in [6.45, 7) is 0.667. The standard InChI is InChI=1S/C22H20N4O3S3/c23-11-17-16-5-3-14(13-29-22(28)25-12-20-24-7-9-31-20)10-18(16)32-21(17)26-19(27)6-4-15-2-1-8-30-15/h1-2,4,6-9,14H,3,5,10,12-13H2,(H,25,28)(H,26,27). The number of anilines is 1. The summed E-state index contributed by atoms with van der Waals surface area (Å²) in [5.74, 6) is -0.0779. The molecule has 3 aromatic rings. The van der Waals surface area contributed by atoms with E-state index >= 15 is 0 Å². The summed E-state index contributed by atoms with van der Waals surface area (Å²) in [6, 6.07) is 6.10. The quantitative estimate of drug-likeness (QED) is 0.468. The van der Waals surface area contributed by atoms with Gasteiger partial charge in [-0.3, -0.25) is 4.79 Å². The third-order valence-electron chi connectivity index (χ3n) is 4.98. The minimum atomic E-state index is -0.458. The average Bonchev–Trinajstić information content (AvgIpc) is 3.55. The van der Waals surface area contributed by atoms with Gasteiger partial charge in [-0.25, -0.2) is 9.78 Å². The highest BCUT2D eigenvalue weighted by molar-refractivity contribution is 7.16. The first kappa shape index (κ1) is 22.2. The molecule has 0 bridgehead atoms. The number of thiophene rings is 2. The zero-order chi connectivity index (χ0) is 22.3. The Kier molecular flexibility index (Phi) is 7.32. The molecule has 32 heavy (non-hydrogen) atoms. The van der Waals surface area contributed by atoms with Crippen molar-refractivity contribution in [3.63, 3.8) is 0 Å². The fraction of sp³-hybridized carbons (Fsp3) is 0.273. The average molecular weight is 485 g/mol. The number of hydrogen-bond acceptors (Lipinski definition) is 8. The van der Waals surface area contributed by atoms with Gasteiger partial charge in [0.2, 0.25) is 5.91 Å². The fourth-order valence-corrected chi connectivity index (χ4v) is 5.92. The van der Waals surface area contributed by atoms with Crippen LogP contribution in [0.2, 0.25) is 0 Å². The molecule has 10 heteroatoms. The van der Waals surface area contributed by atoms with Crippen molar-refractivity contribution < 1.29 is 14.3 Å². The Hall–Kier alpha value is -3.00. The molecule has 1 aliphatic rings. The molecular formula is C22H20N4O3S3. The van der Waals surface area contributed by atoms with Crippen molar-refractivity contribution in [2.75, 3.05) is 11.9 Å². The molecule has 1 atom stereocenters. The van der Waals surface area contributed by atoms with Crippen molar-refractivity contribution in [3.05, 3.63) is 61.1 Å². The van der Waals surface area contributed by atoms with Crippen LogP contribution in [0.4, 0.5) is 9.80 Å². The zero-order valence-corrected chi connectivity index (χ0v) is 19.4. The van der Waals surface area contributed by atoms with E-state index in [1.807, 2.05) is 22.9 Å². The number of nitriles is 1. The number of nitrogens with one attached hydrogen (secondary N) is 2. The summed E-state index contributed by atoms with van der Waals surface area (Å²) < 4.78 is 5.38. The van der Waals surface area contributed by atoms with Crippen LogP contribution in [0.25, 0.3) is 6.08 Å². The SMILES string of the molecule is N#Cc1c(NC(=O)C=Cc2cccs2)sc2c1CCC(COC(=O)NCc1nccs1)C2. The summed E-state index contributed by atoms with van der Waals surface area (Å²) in [5.41, 5.74) is 1.54. The van der Waals surface area contributed by atoms with Crippen LogP contribution in [0.15, 0.2) is 35.2 Å². The highest BCUT2D eigenvalue weighted by Crippen LogP contribution is 2.39. The zero-order valence-electron chi connectivity index (χ0n) is 17.0. The summed E-state index contributed by atoms with van der Waals surface area (Å²) in [5, 5.41) is 20.4. The van der Waals surface area contributed by atoms with Gasteiger partial charge in [0, 0.05) is 27.4 Å². The van der Waals surface area contributed by atoms with Crippen molar-refractivity contribution in [1.29, 1.82) is 5.26 Å². The Morgan fingerprint density at radius 2 is 2.25 bits per heavy atom. The number of rotatable bonds is 7. The maximum Gasteiger partial charge on any atom is 0.407 e. The second-order valence-electron chi connectivity index (χ2n) is 7.14. The van der Waals surface area contributed by atoms with Gasteiger partial charge in [0.25, 0.3) is 0 Å². The van der Waals surface area contributed by atoms with Gasteiger partial charge in [0.05, 0.1) is 18.7 Å². The molecule has 4 rings (SSSR count). The van der Waals surface area contributed by atoms with Gasteiger partial charge in [-0.1, -0.05) is 6.07 Å². The van der Waals surface area contributed by atoms with E-state index in [1.54, 1.807) is 23.6 Å². The molecule has 0 spiro atoms. The smallest absolute Gasteiger partial charge is 0.407 e. The molecule has 3 aromatic heterocycles.